The van der Waals surface area contributed by atoms with Crippen LogP contribution in [0.15, 0.2) is 0 Å². The highest BCUT2D eigenvalue weighted by atomic mass is 35.5. The van der Waals surface area contributed by atoms with Gasteiger partial charge in [-0.2, -0.15) is 13.2 Å². The second kappa shape index (κ2) is 36.5. The third kappa shape index (κ3) is 22.0. The number of carbonyl (C=O) groups excluding carboxylic acids is 4. The number of halogens is 4. The fraction of sp³-hybridized carbons (Fsp3) is 0.932. The van der Waals surface area contributed by atoms with Crippen LogP contribution in [-0.2, 0) is 71.9 Å². The molecule has 3 heterocycles. The van der Waals surface area contributed by atoms with E-state index in [1.165, 1.54) is 84.0 Å². The number of likely N-dealkylation sites (N-methyl/N-ethyl adjacent to an activating group) is 1. The normalized spacial score (nSPS) is 33.6. The average molecular weight is 1590 g/mol. The van der Waals surface area contributed by atoms with Crippen molar-refractivity contribution in [3.63, 3.8) is 0 Å². The van der Waals surface area contributed by atoms with E-state index >= 15 is 0 Å². The van der Waals surface area contributed by atoms with E-state index in [4.69, 9.17) is 54.4 Å². The zero-order valence-corrected chi connectivity index (χ0v) is 69.4. The summed E-state index contributed by atoms with van der Waals surface area (Å²) in [5.41, 5.74) is 12.7. The maximum atomic E-state index is 12.8. The van der Waals surface area contributed by atoms with Crippen LogP contribution >= 0.6 is 0 Å². The van der Waals surface area contributed by atoms with Crippen LogP contribution < -0.4 is 43.7 Å². The first-order valence-electron chi connectivity index (χ1n) is 39.9. The van der Waals surface area contributed by atoms with Crippen LogP contribution in [0.5, 0.6) is 0 Å². The lowest BCUT2D eigenvalue weighted by Crippen LogP contribution is -3.00. The number of carboxylic acid groups (broad SMARTS) is 2. The molecule has 0 amide bonds. The van der Waals surface area contributed by atoms with E-state index in [9.17, 15) is 59.2 Å². The monoisotopic (exact) mass is 1590 g/mol. The van der Waals surface area contributed by atoms with Gasteiger partial charge >= 0.3 is 40.6 Å². The van der Waals surface area contributed by atoms with E-state index in [1.807, 2.05) is 0 Å². The van der Waals surface area contributed by atoms with Crippen molar-refractivity contribution in [1.29, 1.82) is 0 Å². The molecule has 3 saturated heterocycles. The minimum atomic E-state index is -5.19. The number of carboxylic acids is 2. The molecule has 24 nitrogen and oxygen atoms in total. The molecule has 618 valence electrons. The van der Waals surface area contributed by atoms with E-state index in [0.717, 1.165) is 94.0 Å². The van der Waals surface area contributed by atoms with Crippen LogP contribution in [-0.4, -0.2) is 181 Å². The Kier molecular flexibility index (Phi) is 31.3. The molecule has 0 radical (unpaired) electrons. The third-order valence-corrected chi connectivity index (χ3v) is 30.1. The number of Topliss-reactive ketones (excluding diaryl/α,β-unsaturated/α-hetero) is 3. The smallest absolute Gasteiger partial charge is 0.475 e. The number of hydrogen-bond donors (Lipinski definition) is 8. The quantitative estimate of drug-likeness (QED) is 0.0476. The molecule has 0 aromatic carbocycles. The van der Waals surface area contributed by atoms with Crippen molar-refractivity contribution in [2.24, 2.45) is 86.9 Å². The summed E-state index contributed by atoms with van der Waals surface area (Å²) in [6.07, 6.45) is 23.9. The SMILES string of the molecule is CC(N)C(=O)C[C@@H](CC1CCC1)B1O[C@@H]2C[C@@H]3C[C@@H](C3(C)C)[C@]2(C)O1.CC(NS(C)(=O)=O)C(=O)C[C@@H](CC1CCC1)B(O)O.CC(NS(C)(=O)=O)C(=O)C[C@@H](CC1CCC1)B1O[C@@H]2C[C@@H]3C[C@@H](C3(C)C)[C@]2(C)O1.CC1(C)[C@@H]2C[C@H]3OB([C@@H](N)CC4CCC4)O[C@@]3(C)[C@H]1C2.CNC(C)C(=O)O.O=C([O-])C(F)(F)F.[Cl-]. The van der Waals surface area contributed by atoms with E-state index in [-0.39, 0.29) is 116 Å². The van der Waals surface area contributed by atoms with Gasteiger partial charge in [-0.05, 0) is 195 Å². The van der Waals surface area contributed by atoms with Gasteiger partial charge in [0.25, 0.3) is 0 Å². The second-order valence-electron chi connectivity index (χ2n) is 37.2. The lowest BCUT2D eigenvalue weighted by Gasteiger charge is -2.64. The fourth-order valence-electron chi connectivity index (χ4n) is 20.1. The van der Waals surface area contributed by atoms with Crippen LogP contribution in [0.1, 0.15) is 251 Å². The molecular weight excluding hydrogens is 1460 g/mol. The van der Waals surface area contributed by atoms with Gasteiger partial charge in [-0.15, -0.1) is 0 Å². The first-order valence-corrected chi connectivity index (χ1v) is 43.7. The van der Waals surface area contributed by atoms with E-state index in [2.05, 4.69) is 77.1 Å². The molecule has 10 N–H and O–H groups in total. The molecule has 0 aromatic heterocycles. The Balaban J connectivity index is 0.000000190. The first-order chi connectivity index (χ1) is 49.3. The summed E-state index contributed by atoms with van der Waals surface area (Å²) in [5.74, 6) is 2.21. The van der Waals surface area contributed by atoms with Crippen molar-refractivity contribution in [3.05, 3.63) is 0 Å². The van der Waals surface area contributed by atoms with Crippen molar-refractivity contribution in [2.75, 3.05) is 19.6 Å². The maximum absolute atomic E-state index is 12.8. The van der Waals surface area contributed by atoms with Gasteiger partial charge in [-0.1, -0.05) is 119 Å². The molecule has 13 aliphatic carbocycles. The Bertz CT molecular complexity index is 3310. The van der Waals surface area contributed by atoms with Gasteiger partial charge in [0.1, 0.15) is 29.4 Å². The highest BCUT2D eigenvalue weighted by molar-refractivity contribution is 7.89. The first kappa shape index (κ1) is 92.8. The minimum Gasteiger partial charge on any atom is -1.00 e. The minimum absolute atomic E-state index is 0. The zero-order valence-electron chi connectivity index (χ0n) is 67.0. The average Bonchev–Trinajstić information content (AvgIpc) is 1.43. The third-order valence-electron chi connectivity index (χ3n) is 28.5. The fourth-order valence-corrected chi connectivity index (χ4v) is 21.6. The van der Waals surface area contributed by atoms with Crippen molar-refractivity contribution >= 4 is 77.8 Å². The number of nitrogens with one attached hydrogen (secondary N) is 3. The zero-order chi connectivity index (χ0) is 79.9. The van der Waals surface area contributed by atoms with Crippen molar-refractivity contribution in [3.8, 4) is 0 Å². The molecule has 13 saturated carbocycles. The van der Waals surface area contributed by atoms with Crippen LogP contribution in [0.4, 0.5) is 13.2 Å². The van der Waals surface area contributed by atoms with Crippen LogP contribution in [0.3, 0.4) is 0 Å². The molecule has 4 unspecified atom stereocenters. The Morgan fingerprint density at radius 3 is 1.10 bits per heavy atom. The predicted molar refractivity (Wildman–Crippen MR) is 402 cm³/mol. The Labute approximate surface area is 649 Å². The van der Waals surface area contributed by atoms with Crippen molar-refractivity contribution in [1.82, 2.24) is 14.8 Å². The summed E-state index contributed by atoms with van der Waals surface area (Å²) < 4.78 is 120. The molecule has 0 spiro atoms. The molecule has 34 heteroatoms. The van der Waals surface area contributed by atoms with Crippen molar-refractivity contribution < 1.29 is 115 Å². The summed E-state index contributed by atoms with van der Waals surface area (Å²) in [6.45, 7) is 27.5. The molecule has 6 bridgehead atoms. The summed E-state index contributed by atoms with van der Waals surface area (Å²) in [5, 5.41) is 38.1. The highest BCUT2D eigenvalue weighted by Crippen LogP contribution is 2.69. The number of aliphatic carboxylic acids is 2. The Hall–Kier alpha value is -2.33. The van der Waals surface area contributed by atoms with Crippen LogP contribution in [0.25, 0.3) is 0 Å². The second-order valence-corrected chi connectivity index (χ2v) is 40.7. The van der Waals surface area contributed by atoms with Gasteiger partial charge in [0.2, 0.25) is 20.0 Å². The standard InChI is InChI=1S/C21H36BNO5S.C20H34BNO3.C16H28BNO2.C11H22BNO5S.C4H9NO2.C2HF3O2.ClH/c1-13(23-29(5,25)26)17(24)12-16(9-14-7-6-8-14)22-27-19-11-15-10-18(20(15,2)3)21(19,4)28-22;1-12(22)16(23)11-15(8-13-6-5-7-13)21-24-18-10-14-9-17(19(14,2)3)20(18,4)25-21;1-15(2)11-8-12(15)16(3)13(9-11)19-17(20-16)14(18)7-10-5-4-6-10;1-8(13-19(2,17)18)11(14)7-10(12(15)16)6-9-4-3-5-9;1-3(5-2)4(6)7;3-2(4,5)1(6)7;/h13-16,18-19,23H,6-12H2,1-5H3;12-15,17-18H,5-11,22H2,1-4H3;10-14H,4-9,18H2,1-3H3;8-10,13,15-16H,3-7H2,1-2H3;3,5H,1-2H3,(H,6,7);(H,6,7);1H/p-2/t13?,15-,16+,18-,19+,21-;12?,14-,15+,17-,18+,20-;11-,12-,13+,14-,16-;8?,10-;;;/m0001.../s1. The van der Waals surface area contributed by atoms with Crippen LogP contribution in [0.2, 0.25) is 17.5 Å². The molecular formula is C74H129B4ClF3N5O19S2-2. The number of rotatable bonds is 27. The molecule has 108 heavy (non-hydrogen) atoms. The lowest BCUT2D eigenvalue weighted by molar-refractivity contribution is -0.344. The molecule has 0 aromatic rings. The summed E-state index contributed by atoms with van der Waals surface area (Å²) in [7, 11) is -7.53. The number of carbonyl (C=O) groups is 5. The van der Waals surface area contributed by atoms with Gasteiger partial charge in [-0.3, -0.25) is 19.2 Å². The summed E-state index contributed by atoms with van der Waals surface area (Å²) in [4.78, 5) is 55.7. The van der Waals surface area contributed by atoms with Gasteiger partial charge in [-0.25, -0.2) is 26.3 Å². The summed E-state index contributed by atoms with van der Waals surface area (Å²) >= 11 is 0. The Morgan fingerprint density at radius 1 is 0.528 bits per heavy atom. The number of nitrogens with two attached hydrogens (primary N) is 2. The topological polar surface area (TPSA) is 381 Å². The van der Waals surface area contributed by atoms with E-state index in [0.29, 0.717) is 65.6 Å². The molecule has 16 fully saturated rings. The van der Waals surface area contributed by atoms with Gasteiger partial charge in [0.05, 0.1) is 65.8 Å². The maximum Gasteiger partial charge on any atom is 0.475 e. The molecule has 3 aliphatic heterocycles. The van der Waals surface area contributed by atoms with E-state index < -0.39 is 75.3 Å². The number of ketones is 3. The number of hydrogen-bond acceptors (Lipinski definition) is 21. The number of sulfonamides is 2. The van der Waals surface area contributed by atoms with Gasteiger partial charge in [0.15, 0.2) is 0 Å². The highest BCUT2D eigenvalue weighted by Gasteiger charge is 2.71. The Morgan fingerprint density at radius 2 is 0.833 bits per heavy atom. The molecule has 16 aliphatic rings. The molecule has 20 atom stereocenters. The van der Waals surface area contributed by atoms with Crippen molar-refractivity contribution in [2.45, 2.75) is 339 Å². The van der Waals surface area contributed by atoms with E-state index in [1.54, 1.807) is 27.8 Å². The lowest BCUT2D eigenvalue weighted by atomic mass is 9.43. The van der Waals surface area contributed by atoms with Gasteiger partial charge in [0, 0.05) is 42.7 Å². The predicted octanol–water partition coefficient (Wildman–Crippen LogP) is 5.42. The molecule has 16 rings (SSSR count). The largest absolute Gasteiger partial charge is 1.00 e. The van der Waals surface area contributed by atoms with Gasteiger partial charge < -0.3 is 82.2 Å². The van der Waals surface area contributed by atoms with Crippen LogP contribution in [0, 0.1) is 75.4 Å². The summed E-state index contributed by atoms with van der Waals surface area (Å²) in [6, 6.07) is -2.38. The number of alkyl halides is 3.